The molecule has 1 saturated heterocycles. The van der Waals surface area contributed by atoms with E-state index >= 15 is 0 Å². The first kappa shape index (κ1) is 59.8. The van der Waals surface area contributed by atoms with E-state index in [0.717, 1.165) is 103 Å². The number of aromatic nitrogens is 5. The number of benzene rings is 5. The Labute approximate surface area is 487 Å². The van der Waals surface area contributed by atoms with E-state index < -0.39 is 31.2 Å². The first-order valence-corrected chi connectivity index (χ1v) is 31.5. The van der Waals surface area contributed by atoms with Crippen molar-refractivity contribution in [3.8, 4) is 11.5 Å². The number of hydrogen-bond donors (Lipinski definition) is 1. The molecule has 2 atom stereocenters. The number of nitrogens with one attached hydrogen (secondary N) is 1. The Morgan fingerprint density at radius 1 is 0.878 bits per heavy atom. The van der Waals surface area contributed by atoms with Crippen LogP contribution in [0.4, 0.5) is 5.69 Å². The number of fused-ring (bicyclic) bond motifs is 2. The summed E-state index contributed by atoms with van der Waals surface area (Å²) in [4.78, 5) is 39.9. The van der Waals surface area contributed by atoms with Gasteiger partial charge in [0.25, 0.3) is 0 Å². The van der Waals surface area contributed by atoms with Crippen molar-refractivity contribution in [3.63, 3.8) is 0 Å². The highest BCUT2D eigenvalue weighted by atomic mass is 35.5. The van der Waals surface area contributed by atoms with E-state index in [4.69, 9.17) is 26.1 Å². The van der Waals surface area contributed by atoms with Crippen LogP contribution in [-0.4, -0.2) is 127 Å². The van der Waals surface area contributed by atoms with E-state index in [2.05, 4.69) is 54.7 Å². The number of sulfonamides is 1. The lowest BCUT2D eigenvalue weighted by atomic mass is 9.85. The summed E-state index contributed by atoms with van der Waals surface area (Å²) in [5.41, 5.74) is 9.32. The average Bonchev–Trinajstić information content (AvgIpc) is 3.84. The van der Waals surface area contributed by atoms with E-state index in [1.54, 1.807) is 70.1 Å². The summed E-state index contributed by atoms with van der Waals surface area (Å²) >= 11 is 6.53. The topological polar surface area (TPSA) is 199 Å². The predicted molar refractivity (Wildman–Crippen MR) is 319 cm³/mol. The van der Waals surface area contributed by atoms with E-state index in [9.17, 15) is 26.4 Å². The fourth-order valence-electron chi connectivity index (χ4n) is 10.9. The number of sulfone groups is 1. The highest BCUT2D eigenvalue weighted by Crippen LogP contribution is 2.38. The molecule has 1 amide bonds. The Bertz CT molecular complexity index is 3660. The Kier molecular flexibility index (Phi) is 19.1. The van der Waals surface area contributed by atoms with Gasteiger partial charge in [0.05, 0.1) is 41.1 Å². The number of unbranched alkanes of at least 4 members (excludes halogenated alkanes) is 3. The van der Waals surface area contributed by atoms with Crippen LogP contribution in [-0.2, 0) is 62.3 Å². The zero-order valence-corrected chi connectivity index (χ0v) is 50.3. The molecule has 5 aromatic carbocycles. The van der Waals surface area contributed by atoms with Gasteiger partial charge in [-0.1, -0.05) is 84.3 Å². The SMILES string of the molecule is COc1cc(C(CC(C)=O)c2ccc(C)c(CN3C[C@@H](C)Oc4cc(CCCCCCNC(=O)CN5CCN(c6ccc(Cc7ncc(Cl)c(Cc8ccccc8S(=O)(=O)C(C)C)n7)cc6)CC5)ccc4S3(=O)=O)c2)cc2nnn(C)c12. The highest BCUT2D eigenvalue weighted by molar-refractivity contribution is 7.92. The van der Waals surface area contributed by atoms with Crippen molar-refractivity contribution in [2.75, 3.05) is 57.8 Å². The molecule has 2 aliphatic heterocycles. The molecule has 17 nitrogen and oxygen atoms in total. The molecule has 1 N–H and O–H groups in total. The van der Waals surface area contributed by atoms with Crippen molar-refractivity contribution in [2.24, 2.45) is 7.05 Å². The minimum atomic E-state index is -3.94. The van der Waals surface area contributed by atoms with Crippen molar-refractivity contribution >= 4 is 59.9 Å². The largest absolute Gasteiger partial charge is 0.494 e. The third-order valence-electron chi connectivity index (χ3n) is 15.6. The van der Waals surface area contributed by atoms with Crippen LogP contribution in [0.25, 0.3) is 11.0 Å². The number of carbonyl (C=O) groups excluding carboxylic acids is 2. The second-order valence-corrected chi connectivity index (χ2v) is 26.8. The van der Waals surface area contributed by atoms with Crippen LogP contribution in [0.2, 0.25) is 5.02 Å². The second kappa shape index (κ2) is 26.2. The number of carbonyl (C=O) groups is 2. The Morgan fingerprint density at radius 2 is 1.62 bits per heavy atom. The standard InChI is InChI=1S/C62H74ClN9O8S2/c1-41(2)81(75,76)58-16-12-11-15-48(58)34-54-53(63)37-65-60(66-54)32-46-18-22-51(23-19-46)71-28-26-70(27-29-71)40-61(74)64-25-13-9-8-10-14-45-20-24-59-56(31-45)80-44(5)38-72(82(59,77)78)39-50-33-47(21-17-42(50)3)52(30-43(4)73)49-35-55-62(57(36-49)79-7)69(6)68-67-55/h11-12,15-24,31,33,35-37,41,44,52H,8-10,13-14,25-30,32,34,38-40H2,1-7H3,(H,64,74)/t44-,52?/m1/s1. The highest BCUT2D eigenvalue weighted by Gasteiger charge is 2.34. The zero-order chi connectivity index (χ0) is 58.3. The van der Waals surface area contributed by atoms with Gasteiger partial charge in [0, 0.05) is 83.4 Å². The number of ether oxygens (including phenoxy) is 2. The van der Waals surface area contributed by atoms with Gasteiger partial charge in [-0.2, -0.15) is 4.31 Å². The summed E-state index contributed by atoms with van der Waals surface area (Å²) in [6.07, 6.45) is 6.67. The van der Waals surface area contributed by atoms with Gasteiger partial charge in [0.1, 0.15) is 45.1 Å². The minimum absolute atomic E-state index is 0.0193. The first-order valence-electron chi connectivity index (χ1n) is 28.2. The number of Topliss-reactive ketones (excluding diaryl/α,β-unsaturated/α-hetero) is 1. The quantitative estimate of drug-likeness (QED) is 0.0595. The molecule has 1 unspecified atom stereocenters. The number of anilines is 1. The summed E-state index contributed by atoms with van der Waals surface area (Å²) < 4.78 is 70.2. The number of piperazine rings is 1. The van der Waals surface area contributed by atoms with Crippen LogP contribution in [0.15, 0.2) is 113 Å². The molecule has 0 saturated carbocycles. The monoisotopic (exact) mass is 1170 g/mol. The smallest absolute Gasteiger partial charge is 0.247 e. The number of nitrogens with zero attached hydrogens (tertiary/aromatic N) is 8. The van der Waals surface area contributed by atoms with Crippen LogP contribution < -0.4 is 19.7 Å². The molecule has 0 radical (unpaired) electrons. The average molecular weight is 1170 g/mol. The molecule has 1 fully saturated rings. The maximum Gasteiger partial charge on any atom is 0.247 e. The van der Waals surface area contributed by atoms with Gasteiger partial charge < -0.3 is 19.7 Å². The number of aryl methyl sites for hydroxylation is 3. The van der Waals surface area contributed by atoms with Gasteiger partial charge in [0.2, 0.25) is 15.9 Å². The van der Waals surface area contributed by atoms with Gasteiger partial charge in [-0.15, -0.1) is 5.10 Å². The van der Waals surface area contributed by atoms with E-state index in [0.29, 0.717) is 63.5 Å². The molecular formula is C62H74ClN9O8S2. The maximum atomic E-state index is 14.4. The van der Waals surface area contributed by atoms with Crippen molar-refractivity contribution in [2.45, 2.75) is 120 Å². The van der Waals surface area contributed by atoms with Gasteiger partial charge in [0.15, 0.2) is 9.84 Å². The lowest BCUT2D eigenvalue weighted by Gasteiger charge is -2.35. The van der Waals surface area contributed by atoms with Gasteiger partial charge >= 0.3 is 0 Å². The summed E-state index contributed by atoms with van der Waals surface area (Å²) in [5, 5.41) is 11.4. The number of amides is 1. The lowest BCUT2D eigenvalue weighted by Crippen LogP contribution is -2.49. The Hall–Kier alpha value is -6.77. The fraction of sp³-hybridized carbons (Fsp3) is 0.419. The van der Waals surface area contributed by atoms with Crippen LogP contribution in [0, 0.1) is 6.92 Å². The molecule has 9 rings (SSSR count). The minimum Gasteiger partial charge on any atom is -0.494 e. The van der Waals surface area contributed by atoms with Crippen LogP contribution >= 0.6 is 11.6 Å². The van der Waals surface area contributed by atoms with E-state index in [1.165, 1.54) is 4.31 Å². The van der Waals surface area contributed by atoms with Gasteiger partial charge in [-0.05, 0) is 135 Å². The molecule has 434 valence electrons. The summed E-state index contributed by atoms with van der Waals surface area (Å²) in [6, 6.07) is 30.7. The molecular weight excluding hydrogens is 1100 g/mol. The molecule has 0 spiro atoms. The number of ketones is 1. The molecule has 82 heavy (non-hydrogen) atoms. The van der Waals surface area contributed by atoms with Crippen LogP contribution in [0.1, 0.15) is 116 Å². The lowest BCUT2D eigenvalue weighted by molar-refractivity contribution is -0.122. The fourth-order valence-corrected chi connectivity index (χ4v) is 14.0. The first-order chi connectivity index (χ1) is 39.3. The molecule has 2 aromatic heterocycles. The van der Waals surface area contributed by atoms with Crippen molar-refractivity contribution in [1.82, 2.24) is 39.5 Å². The molecule has 0 bridgehead atoms. The summed E-state index contributed by atoms with van der Waals surface area (Å²) in [6.45, 7) is 13.2. The Morgan fingerprint density at radius 3 is 2.37 bits per heavy atom. The van der Waals surface area contributed by atoms with Crippen molar-refractivity contribution < 1.29 is 35.9 Å². The van der Waals surface area contributed by atoms with Gasteiger partial charge in [-0.25, -0.2) is 31.5 Å². The third kappa shape index (κ3) is 14.2. The third-order valence-corrected chi connectivity index (χ3v) is 20.0. The predicted octanol–water partition coefficient (Wildman–Crippen LogP) is 9.22. The maximum absolute atomic E-state index is 14.4. The summed E-state index contributed by atoms with van der Waals surface area (Å²) in [7, 11) is -4.03. The van der Waals surface area contributed by atoms with Crippen LogP contribution in [0.3, 0.4) is 0 Å². The van der Waals surface area contributed by atoms with Crippen molar-refractivity contribution in [3.05, 3.63) is 159 Å². The normalized spacial score (nSPS) is 16.2. The van der Waals surface area contributed by atoms with Crippen LogP contribution in [0.5, 0.6) is 11.5 Å². The molecule has 4 heterocycles. The zero-order valence-electron chi connectivity index (χ0n) is 47.9. The number of hydrogen-bond acceptors (Lipinski definition) is 14. The molecule has 20 heteroatoms. The van der Waals surface area contributed by atoms with E-state index in [1.807, 2.05) is 62.4 Å². The van der Waals surface area contributed by atoms with Gasteiger partial charge in [-0.3, -0.25) is 14.5 Å². The molecule has 2 aliphatic rings. The van der Waals surface area contributed by atoms with E-state index in [-0.39, 0.29) is 48.4 Å². The number of methoxy groups -OCH3 is 1. The van der Waals surface area contributed by atoms with Crippen molar-refractivity contribution in [1.29, 1.82) is 0 Å². The molecule has 0 aliphatic carbocycles. The Balaban J connectivity index is 0.701. The summed E-state index contributed by atoms with van der Waals surface area (Å²) in [5.74, 6) is 1.30. The number of halogens is 1. The number of rotatable bonds is 23. The molecule has 7 aromatic rings. The second-order valence-electron chi connectivity index (χ2n) is 22.0.